The van der Waals surface area contributed by atoms with Crippen molar-refractivity contribution in [3.63, 3.8) is 0 Å². The van der Waals surface area contributed by atoms with Gasteiger partial charge in [0.2, 0.25) is 0 Å². The highest BCUT2D eigenvalue weighted by Crippen LogP contribution is 2.33. The number of methoxy groups -OCH3 is 2. The minimum Gasteiger partial charge on any atom is -0.554 e. The summed E-state index contributed by atoms with van der Waals surface area (Å²) in [6.45, 7) is 1.44. The Morgan fingerprint density at radius 3 is 2.15 bits per heavy atom. The van der Waals surface area contributed by atoms with E-state index in [0.29, 0.717) is 0 Å². The van der Waals surface area contributed by atoms with Crippen molar-refractivity contribution >= 4 is 12.4 Å². The molecule has 4 aromatic rings. The molecule has 0 unspecified atom stereocenters. The van der Waals surface area contributed by atoms with Crippen LogP contribution in [0.2, 0.25) is 0 Å². The number of benzene rings is 3. The Labute approximate surface area is 198 Å². The third-order valence-electron chi connectivity index (χ3n) is 5.81. The number of hydrogen-bond acceptors (Lipinski definition) is 5. The van der Waals surface area contributed by atoms with Crippen LogP contribution in [-0.2, 0) is 11.3 Å². The molecule has 2 heterocycles. The van der Waals surface area contributed by atoms with Gasteiger partial charge in [0.1, 0.15) is 29.1 Å². The highest BCUT2D eigenvalue weighted by molar-refractivity contribution is 5.71. The van der Waals surface area contributed by atoms with E-state index < -0.39 is 6.47 Å². The van der Waals surface area contributed by atoms with Crippen molar-refractivity contribution in [2.45, 2.75) is 13.0 Å². The number of hydrogen-bond donors (Lipinski definition) is 1. The molecule has 1 aromatic heterocycles. The molecule has 7 nitrogen and oxygen atoms in total. The first-order valence-electron chi connectivity index (χ1n) is 11.0. The second kappa shape index (κ2) is 10.6. The number of anilines is 1. The molecule has 0 amide bonds. The van der Waals surface area contributed by atoms with Gasteiger partial charge in [-0.3, -0.25) is 5.32 Å². The average Bonchev–Trinajstić information content (AvgIpc) is 3.29. The number of carbonyl (C=O) groups is 1. The largest absolute Gasteiger partial charge is 0.554 e. The SMILES string of the molecule is COc1ccccc1-c1ccc(-n2cc(-c3ccccc3OC)[n+]3c2NCCC3)cc1.O=C[O-]. The molecule has 7 heteroatoms. The number of nitrogens with one attached hydrogen (secondary N) is 1. The number of nitrogens with zero attached hydrogens (tertiary/aromatic N) is 2. The van der Waals surface area contributed by atoms with Gasteiger partial charge in [0.15, 0.2) is 0 Å². The van der Waals surface area contributed by atoms with Crippen LogP contribution in [0, 0.1) is 0 Å². The third kappa shape index (κ3) is 4.45. The van der Waals surface area contributed by atoms with Crippen molar-refractivity contribution in [2.75, 3.05) is 26.1 Å². The molecular formula is C27H27N3O4. The van der Waals surface area contributed by atoms with E-state index in [0.717, 1.165) is 65.0 Å². The summed E-state index contributed by atoms with van der Waals surface area (Å²) < 4.78 is 15.7. The van der Waals surface area contributed by atoms with Crippen molar-refractivity contribution in [3.8, 4) is 39.6 Å². The number of para-hydroxylation sites is 2. The van der Waals surface area contributed by atoms with Gasteiger partial charge in [-0.2, -0.15) is 0 Å². The number of carbonyl (C=O) groups excluding carboxylic acids is 1. The molecule has 1 aliphatic heterocycles. The van der Waals surface area contributed by atoms with Crippen LogP contribution in [0.3, 0.4) is 0 Å². The molecule has 34 heavy (non-hydrogen) atoms. The zero-order valence-corrected chi connectivity index (χ0v) is 19.2. The lowest BCUT2D eigenvalue weighted by Gasteiger charge is -2.14. The summed E-state index contributed by atoms with van der Waals surface area (Å²) in [5.74, 6) is 2.86. The van der Waals surface area contributed by atoms with Gasteiger partial charge in [-0.05, 0) is 35.9 Å². The molecule has 0 saturated heterocycles. The van der Waals surface area contributed by atoms with Crippen LogP contribution < -0.4 is 24.5 Å². The summed E-state index contributed by atoms with van der Waals surface area (Å²) in [6.07, 6.45) is 3.29. The molecule has 0 radical (unpaired) electrons. The molecule has 0 fully saturated rings. The molecule has 0 spiro atoms. The van der Waals surface area contributed by atoms with E-state index in [9.17, 15) is 0 Å². The molecule has 0 aliphatic carbocycles. The van der Waals surface area contributed by atoms with Crippen LogP contribution in [-0.4, -0.2) is 31.8 Å². The molecule has 1 N–H and O–H groups in total. The Balaban J connectivity index is 0.000000868. The molecule has 0 atom stereocenters. The van der Waals surface area contributed by atoms with Crippen molar-refractivity contribution in [1.82, 2.24) is 4.57 Å². The highest BCUT2D eigenvalue weighted by atomic mass is 16.5. The Kier molecular flexibility index (Phi) is 7.13. The molecule has 5 rings (SSSR count). The summed E-state index contributed by atoms with van der Waals surface area (Å²) in [6, 6.07) is 24.9. The maximum Gasteiger partial charge on any atom is 0.362 e. The maximum atomic E-state index is 8.25. The summed E-state index contributed by atoms with van der Waals surface area (Å²) in [4.78, 5) is 8.25. The Morgan fingerprint density at radius 1 is 0.912 bits per heavy atom. The van der Waals surface area contributed by atoms with Crippen LogP contribution in [0.25, 0.3) is 28.1 Å². The van der Waals surface area contributed by atoms with Gasteiger partial charge in [0.05, 0.1) is 32.9 Å². The first-order chi connectivity index (χ1) is 16.7. The predicted molar refractivity (Wildman–Crippen MR) is 129 cm³/mol. The summed E-state index contributed by atoms with van der Waals surface area (Å²) in [5.41, 5.74) is 5.58. The maximum absolute atomic E-state index is 8.25. The van der Waals surface area contributed by atoms with Gasteiger partial charge in [-0.15, -0.1) is 0 Å². The van der Waals surface area contributed by atoms with E-state index >= 15 is 0 Å². The second-order valence-electron chi connectivity index (χ2n) is 7.68. The molecular weight excluding hydrogens is 430 g/mol. The van der Waals surface area contributed by atoms with Gasteiger partial charge >= 0.3 is 5.95 Å². The number of rotatable bonds is 5. The zero-order valence-electron chi connectivity index (χ0n) is 19.2. The Morgan fingerprint density at radius 2 is 1.50 bits per heavy atom. The van der Waals surface area contributed by atoms with E-state index in [2.05, 4.69) is 63.1 Å². The fraction of sp³-hybridized carbons (Fsp3) is 0.185. The van der Waals surface area contributed by atoms with Crippen molar-refractivity contribution in [2.24, 2.45) is 0 Å². The average molecular weight is 458 g/mol. The van der Waals surface area contributed by atoms with Crippen LogP contribution in [0.1, 0.15) is 6.42 Å². The van der Waals surface area contributed by atoms with Crippen molar-refractivity contribution < 1.29 is 23.9 Å². The molecule has 0 saturated carbocycles. The lowest BCUT2D eigenvalue weighted by Crippen LogP contribution is -2.43. The van der Waals surface area contributed by atoms with Crippen LogP contribution in [0.5, 0.6) is 11.5 Å². The van der Waals surface area contributed by atoms with Crippen molar-refractivity contribution in [3.05, 3.63) is 79.0 Å². The van der Waals surface area contributed by atoms with Gasteiger partial charge < -0.3 is 19.4 Å². The van der Waals surface area contributed by atoms with E-state index in [4.69, 9.17) is 19.4 Å². The zero-order chi connectivity index (χ0) is 23.9. The molecule has 0 bridgehead atoms. The number of carboxylic acid groups (broad SMARTS) is 1. The molecule has 1 aliphatic rings. The molecule has 3 aromatic carbocycles. The quantitative estimate of drug-likeness (QED) is 0.368. The van der Waals surface area contributed by atoms with E-state index in [-0.39, 0.29) is 0 Å². The highest BCUT2D eigenvalue weighted by Gasteiger charge is 2.28. The minimum atomic E-state index is -0.500. The Hall–Kier alpha value is -4.26. The standard InChI is InChI=1S/C26H25N3O2.CH2O2/c1-30-24-10-5-3-8-21(24)19-12-14-20(15-13-19)29-18-23(28-17-7-16-27-26(28)29)22-9-4-6-11-25(22)31-2;2-1-3/h3-6,8-15,18H,7,16-17H2,1-2H3;1H,(H,2,3). The number of fused-ring (bicyclic) bond motifs is 1. The summed E-state index contributed by atoms with van der Waals surface area (Å²) in [5, 5.41) is 11.8. The van der Waals surface area contributed by atoms with Crippen LogP contribution in [0.4, 0.5) is 5.95 Å². The Bertz CT molecular complexity index is 1270. The lowest BCUT2D eigenvalue weighted by atomic mass is 10.0. The monoisotopic (exact) mass is 457 g/mol. The first-order valence-corrected chi connectivity index (χ1v) is 11.0. The smallest absolute Gasteiger partial charge is 0.362 e. The van der Waals surface area contributed by atoms with Crippen LogP contribution >= 0.6 is 0 Å². The van der Waals surface area contributed by atoms with Gasteiger partial charge in [-0.25, -0.2) is 9.13 Å². The summed E-state index contributed by atoms with van der Waals surface area (Å²) in [7, 11) is 3.43. The second-order valence-corrected chi connectivity index (χ2v) is 7.68. The van der Waals surface area contributed by atoms with Crippen LogP contribution in [0.15, 0.2) is 79.0 Å². The minimum absolute atomic E-state index is 0.500. The number of aromatic nitrogens is 2. The van der Waals surface area contributed by atoms with E-state index in [1.54, 1.807) is 14.2 Å². The van der Waals surface area contributed by atoms with Crippen molar-refractivity contribution in [1.29, 1.82) is 0 Å². The normalized spacial score (nSPS) is 11.9. The fourth-order valence-electron chi connectivity index (χ4n) is 4.29. The third-order valence-corrected chi connectivity index (χ3v) is 5.81. The molecule has 174 valence electrons. The van der Waals surface area contributed by atoms with E-state index in [1.807, 2.05) is 30.3 Å². The lowest BCUT2D eigenvalue weighted by molar-refractivity contribution is -0.675. The topological polar surface area (TPSA) is 79.4 Å². The fourth-order valence-corrected chi connectivity index (χ4v) is 4.29. The number of ether oxygens (including phenoxy) is 2. The van der Waals surface area contributed by atoms with Gasteiger partial charge in [0, 0.05) is 18.5 Å². The number of imidazole rings is 1. The first kappa shape index (κ1) is 22.9. The van der Waals surface area contributed by atoms with E-state index in [1.165, 1.54) is 0 Å². The predicted octanol–water partition coefficient (Wildman–Crippen LogP) is 3.30. The van der Waals surface area contributed by atoms with Gasteiger partial charge in [0.25, 0.3) is 0 Å². The summed E-state index contributed by atoms with van der Waals surface area (Å²) >= 11 is 0. The van der Waals surface area contributed by atoms with Gasteiger partial charge in [-0.1, -0.05) is 42.5 Å².